The number of nitrogens with one attached hydrogen (secondary N) is 1. The molecule has 5 nitrogen and oxygen atoms in total. The first kappa shape index (κ1) is 15.7. The van der Waals surface area contributed by atoms with Crippen LogP contribution in [0, 0.1) is 0 Å². The van der Waals surface area contributed by atoms with Crippen LogP contribution in [0.4, 0.5) is 13.2 Å². The molecule has 1 aromatic rings. The summed E-state index contributed by atoms with van der Waals surface area (Å²) < 4.78 is 67.6. The molecule has 0 aliphatic carbocycles. The highest BCUT2D eigenvalue weighted by molar-refractivity contribution is 7.89. The fraction of sp³-hybridized carbons (Fsp3) is 0.400. The number of methoxy groups -OCH3 is 1. The predicted molar refractivity (Wildman–Crippen MR) is 60.2 cm³/mol. The lowest BCUT2D eigenvalue weighted by atomic mass is 10.2. The van der Waals surface area contributed by atoms with Crippen LogP contribution in [0.5, 0.6) is 5.75 Å². The topological polar surface area (TPSA) is 75.6 Å². The Morgan fingerprint density at radius 1 is 1.37 bits per heavy atom. The molecule has 1 rings (SSSR count). The van der Waals surface area contributed by atoms with Crippen LogP contribution < -0.4 is 4.72 Å². The number of halogens is 3. The Labute approximate surface area is 108 Å². The number of alkyl halides is 3. The summed E-state index contributed by atoms with van der Waals surface area (Å²) in [5.74, 6) is -1.02. The molecular formula is C10H12F3NO4S. The molecule has 0 bridgehead atoms. The molecule has 108 valence electrons. The largest absolute Gasteiger partial charge is 0.507 e. The van der Waals surface area contributed by atoms with Crippen molar-refractivity contribution in [3.8, 4) is 5.75 Å². The van der Waals surface area contributed by atoms with Crippen LogP contribution in [0.2, 0.25) is 0 Å². The zero-order valence-corrected chi connectivity index (χ0v) is 10.7. The zero-order chi connectivity index (χ0) is 14.7. The van der Waals surface area contributed by atoms with Gasteiger partial charge in [0.1, 0.15) is 5.75 Å². The van der Waals surface area contributed by atoms with Gasteiger partial charge in [-0.05, 0) is 18.2 Å². The number of ether oxygens (including phenoxy) is 1. The Balaban J connectivity index is 3.09. The van der Waals surface area contributed by atoms with E-state index >= 15 is 0 Å². The third kappa shape index (κ3) is 4.08. The molecule has 0 aliphatic rings. The van der Waals surface area contributed by atoms with Crippen LogP contribution in [0.25, 0.3) is 0 Å². The number of sulfonamides is 1. The van der Waals surface area contributed by atoms with Gasteiger partial charge in [-0.25, -0.2) is 13.1 Å². The second-order valence-corrected chi connectivity index (χ2v) is 5.33. The van der Waals surface area contributed by atoms with Crippen molar-refractivity contribution < 1.29 is 31.4 Å². The summed E-state index contributed by atoms with van der Waals surface area (Å²) >= 11 is 0. The van der Waals surface area contributed by atoms with E-state index < -0.39 is 32.4 Å². The van der Waals surface area contributed by atoms with Gasteiger partial charge >= 0.3 is 6.18 Å². The van der Waals surface area contributed by atoms with Gasteiger partial charge in [-0.3, -0.25) is 0 Å². The van der Waals surface area contributed by atoms with Crippen molar-refractivity contribution in [2.45, 2.75) is 11.1 Å². The monoisotopic (exact) mass is 299 g/mol. The lowest BCUT2D eigenvalue weighted by Crippen LogP contribution is -2.27. The summed E-state index contributed by atoms with van der Waals surface area (Å²) in [6.07, 6.45) is -4.83. The summed E-state index contributed by atoms with van der Waals surface area (Å²) in [6, 6.07) is 1.96. The fourth-order valence-corrected chi connectivity index (χ4v) is 2.31. The molecule has 0 saturated heterocycles. The number of aromatic hydroxyl groups is 1. The molecule has 0 aliphatic heterocycles. The standard InChI is InChI=1S/C10H12F3NO4S/c1-18-5-4-14-19(16,17)7-2-3-9(15)8(6-7)10(11,12)13/h2-3,6,14-15H,4-5H2,1H3. The Morgan fingerprint density at radius 3 is 2.53 bits per heavy atom. The van der Waals surface area contributed by atoms with Crippen molar-refractivity contribution in [1.82, 2.24) is 4.72 Å². The van der Waals surface area contributed by atoms with E-state index in [1.807, 2.05) is 0 Å². The van der Waals surface area contributed by atoms with E-state index in [-0.39, 0.29) is 13.2 Å². The van der Waals surface area contributed by atoms with Crippen LogP contribution in [0.15, 0.2) is 23.1 Å². The van der Waals surface area contributed by atoms with Crippen molar-refractivity contribution in [3.05, 3.63) is 23.8 Å². The van der Waals surface area contributed by atoms with Gasteiger partial charge in [0.25, 0.3) is 0 Å². The van der Waals surface area contributed by atoms with Crippen molar-refractivity contribution >= 4 is 10.0 Å². The van der Waals surface area contributed by atoms with Crippen LogP contribution in [0.3, 0.4) is 0 Å². The van der Waals surface area contributed by atoms with Crippen LogP contribution in [-0.2, 0) is 20.9 Å². The molecule has 19 heavy (non-hydrogen) atoms. The molecule has 0 amide bonds. The first-order valence-electron chi connectivity index (χ1n) is 5.07. The molecular weight excluding hydrogens is 287 g/mol. The average Bonchev–Trinajstić information content (AvgIpc) is 2.27. The lowest BCUT2D eigenvalue weighted by Gasteiger charge is -2.11. The Hall–Kier alpha value is -1.32. The molecule has 0 fully saturated rings. The second-order valence-electron chi connectivity index (χ2n) is 3.57. The van der Waals surface area contributed by atoms with E-state index in [0.29, 0.717) is 12.1 Å². The number of phenolic OH excluding ortho intramolecular Hbond substituents is 1. The summed E-state index contributed by atoms with van der Waals surface area (Å²) in [6.45, 7) is 0.0184. The predicted octanol–water partition coefficient (Wildman–Crippen LogP) is 1.34. The number of benzene rings is 1. The first-order chi connectivity index (χ1) is 8.68. The summed E-state index contributed by atoms with van der Waals surface area (Å²) in [7, 11) is -2.72. The van der Waals surface area contributed by atoms with E-state index in [1.165, 1.54) is 7.11 Å². The van der Waals surface area contributed by atoms with Gasteiger partial charge < -0.3 is 9.84 Å². The maximum atomic E-state index is 12.5. The molecule has 0 radical (unpaired) electrons. The third-order valence-corrected chi connectivity index (χ3v) is 3.64. The SMILES string of the molecule is COCCNS(=O)(=O)c1ccc(O)c(C(F)(F)F)c1. The molecule has 2 N–H and O–H groups in total. The molecule has 0 spiro atoms. The molecule has 0 atom stereocenters. The smallest absolute Gasteiger partial charge is 0.419 e. The van der Waals surface area contributed by atoms with Gasteiger partial charge in [0.15, 0.2) is 0 Å². The van der Waals surface area contributed by atoms with Crippen molar-refractivity contribution in [2.75, 3.05) is 20.3 Å². The Bertz CT molecular complexity index is 542. The summed E-state index contributed by atoms with van der Waals surface area (Å²) in [5, 5.41) is 9.10. The minimum atomic E-state index is -4.83. The fourth-order valence-electron chi connectivity index (χ4n) is 1.27. The molecule has 0 aromatic heterocycles. The lowest BCUT2D eigenvalue weighted by molar-refractivity contribution is -0.138. The summed E-state index contributed by atoms with van der Waals surface area (Å²) in [5.41, 5.74) is -1.40. The molecule has 1 aromatic carbocycles. The summed E-state index contributed by atoms with van der Waals surface area (Å²) in [4.78, 5) is -0.575. The first-order valence-corrected chi connectivity index (χ1v) is 6.55. The maximum Gasteiger partial charge on any atom is 0.419 e. The molecule has 0 heterocycles. The normalized spacial score (nSPS) is 12.6. The Morgan fingerprint density at radius 2 is 2.00 bits per heavy atom. The highest BCUT2D eigenvalue weighted by Gasteiger charge is 2.35. The van der Waals surface area contributed by atoms with Gasteiger partial charge in [-0.1, -0.05) is 0 Å². The van der Waals surface area contributed by atoms with Crippen LogP contribution in [0.1, 0.15) is 5.56 Å². The van der Waals surface area contributed by atoms with Gasteiger partial charge in [0.2, 0.25) is 10.0 Å². The van der Waals surface area contributed by atoms with E-state index in [4.69, 9.17) is 5.11 Å². The quantitative estimate of drug-likeness (QED) is 0.804. The van der Waals surface area contributed by atoms with Crippen LogP contribution in [-0.4, -0.2) is 33.8 Å². The van der Waals surface area contributed by atoms with Gasteiger partial charge in [-0.15, -0.1) is 0 Å². The van der Waals surface area contributed by atoms with Gasteiger partial charge in [0.05, 0.1) is 17.1 Å². The van der Waals surface area contributed by atoms with Gasteiger partial charge in [0, 0.05) is 13.7 Å². The average molecular weight is 299 g/mol. The number of phenols is 1. The highest BCUT2D eigenvalue weighted by Crippen LogP contribution is 2.36. The molecule has 0 unspecified atom stereocenters. The maximum absolute atomic E-state index is 12.5. The van der Waals surface area contributed by atoms with E-state index in [0.717, 1.165) is 6.07 Å². The van der Waals surface area contributed by atoms with E-state index in [2.05, 4.69) is 9.46 Å². The van der Waals surface area contributed by atoms with Crippen molar-refractivity contribution in [3.63, 3.8) is 0 Å². The van der Waals surface area contributed by atoms with Crippen molar-refractivity contribution in [2.24, 2.45) is 0 Å². The Kier molecular flexibility index (Phi) is 4.77. The van der Waals surface area contributed by atoms with Crippen molar-refractivity contribution in [1.29, 1.82) is 0 Å². The second kappa shape index (κ2) is 5.76. The minimum absolute atomic E-state index is 0.0684. The molecule has 9 heteroatoms. The van der Waals surface area contributed by atoms with E-state index in [9.17, 15) is 21.6 Å². The molecule has 0 saturated carbocycles. The highest BCUT2D eigenvalue weighted by atomic mass is 32.2. The van der Waals surface area contributed by atoms with Gasteiger partial charge in [-0.2, -0.15) is 13.2 Å². The number of hydrogen-bond donors (Lipinski definition) is 2. The van der Waals surface area contributed by atoms with Crippen LogP contribution >= 0.6 is 0 Å². The number of hydrogen-bond acceptors (Lipinski definition) is 4. The minimum Gasteiger partial charge on any atom is -0.507 e. The number of rotatable bonds is 5. The third-order valence-electron chi connectivity index (χ3n) is 2.18. The van der Waals surface area contributed by atoms with E-state index in [1.54, 1.807) is 0 Å². The zero-order valence-electron chi connectivity index (χ0n) is 9.86.